The number of nitrogens with zero attached hydrogens (tertiary/aromatic N) is 5. The van der Waals surface area contributed by atoms with E-state index in [1.807, 2.05) is 23.4 Å². The summed E-state index contributed by atoms with van der Waals surface area (Å²) in [6.07, 6.45) is 8.26. The first-order valence-corrected chi connectivity index (χ1v) is 17.4. The number of hydrogen-bond donors (Lipinski definition) is 0. The lowest BCUT2D eigenvalue weighted by molar-refractivity contribution is -0.134. The van der Waals surface area contributed by atoms with E-state index in [9.17, 15) is 9.59 Å². The van der Waals surface area contributed by atoms with Crippen LogP contribution in [0.5, 0.6) is 0 Å². The minimum absolute atomic E-state index is 0.148. The van der Waals surface area contributed by atoms with Crippen molar-refractivity contribution >= 4 is 28.4 Å². The number of hydrogen-bond acceptors (Lipinski definition) is 5. The standard InChI is InChI=1S/C40H43N5O2/c1-28(36-16-20-44(27-36)38(46)32-11-12-32)25-45-37(31-9-7-30(8-10-31)33-13-14-35-24-41-19-15-34(35)23-33)42-40(39(45)47)17-21-43(22-18-40)26-29-5-3-2-4-6-29/h2-10,13-15,19,23-24,28,32,36H,11-12,16-18,20-22,25-27H2,1H3. The maximum atomic E-state index is 14.5. The van der Waals surface area contributed by atoms with E-state index in [-0.39, 0.29) is 17.7 Å². The zero-order valence-electron chi connectivity index (χ0n) is 27.2. The summed E-state index contributed by atoms with van der Waals surface area (Å²) in [6, 6.07) is 27.6. The van der Waals surface area contributed by atoms with Crippen molar-refractivity contribution < 1.29 is 9.59 Å². The summed E-state index contributed by atoms with van der Waals surface area (Å²) < 4.78 is 0. The summed E-state index contributed by atoms with van der Waals surface area (Å²) >= 11 is 0. The van der Waals surface area contributed by atoms with Gasteiger partial charge >= 0.3 is 0 Å². The van der Waals surface area contributed by atoms with Crippen LogP contribution in [0.2, 0.25) is 0 Å². The summed E-state index contributed by atoms with van der Waals surface area (Å²) in [4.78, 5) is 43.4. The predicted molar refractivity (Wildman–Crippen MR) is 186 cm³/mol. The van der Waals surface area contributed by atoms with E-state index in [0.717, 1.165) is 98.1 Å². The molecule has 4 aliphatic rings. The molecule has 3 fully saturated rings. The summed E-state index contributed by atoms with van der Waals surface area (Å²) in [5.41, 5.74) is 3.86. The first-order chi connectivity index (χ1) is 23.0. The van der Waals surface area contributed by atoms with Gasteiger partial charge in [0.25, 0.3) is 5.91 Å². The Morgan fingerprint density at radius 3 is 2.38 bits per heavy atom. The average Bonchev–Trinajstić information content (AvgIpc) is 3.79. The normalized spacial score (nSPS) is 21.9. The topological polar surface area (TPSA) is 69.1 Å². The zero-order valence-corrected chi connectivity index (χ0v) is 27.2. The number of aromatic nitrogens is 1. The molecule has 1 aliphatic carbocycles. The van der Waals surface area contributed by atoms with Crippen LogP contribution in [0.3, 0.4) is 0 Å². The van der Waals surface area contributed by atoms with Gasteiger partial charge in [0, 0.05) is 68.5 Å². The van der Waals surface area contributed by atoms with Crippen LogP contribution >= 0.6 is 0 Å². The van der Waals surface area contributed by atoms with Crippen molar-refractivity contribution in [2.75, 3.05) is 32.7 Å². The third-order valence-electron chi connectivity index (χ3n) is 11.0. The minimum atomic E-state index is -0.711. The number of carbonyl (C=O) groups is 2. The Labute approximate surface area is 277 Å². The molecule has 3 aliphatic heterocycles. The predicted octanol–water partition coefficient (Wildman–Crippen LogP) is 6.42. The summed E-state index contributed by atoms with van der Waals surface area (Å²) in [7, 11) is 0. The number of piperidine rings is 1. The Morgan fingerprint density at radius 1 is 0.872 bits per heavy atom. The molecule has 2 atom stereocenters. The number of amides is 2. The largest absolute Gasteiger partial charge is 0.342 e. The highest BCUT2D eigenvalue weighted by Gasteiger charge is 2.50. The van der Waals surface area contributed by atoms with E-state index in [0.29, 0.717) is 18.4 Å². The quantitative estimate of drug-likeness (QED) is 0.227. The number of aliphatic imine (C=N–C) groups is 1. The second kappa shape index (κ2) is 12.3. The van der Waals surface area contributed by atoms with E-state index in [1.165, 1.54) is 5.56 Å². The molecule has 8 rings (SSSR count). The van der Waals surface area contributed by atoms with Crippen molar-refractivity contribution in [2.24, 2.45) is 22.7 Å². The molecule has 2 unspecified atom stereocenters. The molecule has 3 aromatic carbocycles. The molecule has 7 nitrogen and oxygen atoms in total. The van der Waals surface area contributed by atoms with E-state index in [2.05, 4.69) is 94.5 Å². The molecule has 47 heavy (non-hydrogen) atoms. The zero-order chi connectivity index (χ0) is 32.0. The Hall–Kier alpha value is -4.36. The van der Waals surface area contributed by atoms with Gasteiger partial charge in [0.2, 0.25) is 5.91 Å². The van der Waals surface area contributed by atoms with Gasteiger partial charge in [-0.15, -0.1) is 0 Å². The fraction of sp³-hybridized carbons (Fsp3) is 0.400. The molecular weight excluding hydrogens is 582 g/mol. The van der Waals surface area contributed by atoms with E-state index < -0.39 is 5.54 Å². The molecule has 2 amide bonds. The van der Waals surface area contributed by atoms with Crippen molar-refractivity contribution in [3.05, 3.63) is 102 Å². The molecule has 4 heterocycles. The first-order valence-electron chi connectivity index (χ1n) is 17.4. The number of fused-ring (bicyclic) bond motifs is 1. The molecule has 1 spiro atoms. The summed E-state index contributed by atoms with van der Waals surface area (Å²) in [6.45, 7) is 7.12. The number of carbonyl (C=O) groups excluding carboxylic acids is 2. The molecule has 4 aromatic rings. The Balaban J connectivity index is 1.04. The molecule has 0 N–H and O–H groups in total. The fourth-order valence-electron chi connectivity index (χ4n) is 7.85. The van der Waals surface area contributed by atoms with Gasteiger partial charge in [-0.25, -0.2) is 0 Å². The van der Waals surface area contributed by atoms with Gasteiger partial charge in [-0.05, 0) is 78.1 Å². The van der Waals surface area contributed by atoms with Crippen molar-refractivity contribution in [1.82, 2.24) is 19.7 Å². The smallest absolute Gasteiger partial charge is 0.256 e. The van der Waals surface area contributed by atoms with Crippen LogP contribution < -0.4 is 0 Å². The van der Waals surface area contributed by atoms with Gasteiger partial charge in [-0.3, -0.25) is 29.4 Å². The van der Waals surface area contributed by atoms with Crippen LogP contribution in [0, 0.1) is 17.8 Å². The van der Waals surface area contributed by atoms with Crippen molar-refractivity contribution in [1.29, 1.82) is 0 Å². The Bertz CT molecular complexity index is 1810. The molecular formula is C40H43N5O2. The van der Waals surface area contributed by atoms with Crippen LogP contribution in [-0.4, -0.2) is 75.6 Å². The maximum Gasteiger partial charge on any atom is 0.256 e. The van der Waals surface area contributed by atoms with Crippen LogP contribution in [0.1, 0.15) is 50.2 Å². The molecule has 0 radical (unpaired) electrons. The summed E-state index contributed by atoms with van der Waals surface area (Å²) in [5, 5.41) is 2.29. The highest BCUT2D eigenvalue weighted by atomic mass is 16.2. The van der Waals surface area contributed by atoms with Gasteiger partial charge in [0.1, 0.15) is 11.4 Å². The lowest BCUT2D eigenvalue weighted by Crippen LogP contribution is -2.50. The van der Waals surface area contributed by atoms with Gasteiger partial charge < -0.3 is 4.90 Å². The molecule has 240 valence electrons. The average molecular weight is 626 g/mol. The molecule has 2 saturated heterocycles. The number of pyridine rings is 1. The lowest BCUT2D eigenvalue weighted by atomic mass is 9.86. The third-order valence-corrected chi connectivity index (χ3v) is 11.0. The third kappa shape index (κ3) is 5.98. The van der Waals surface area contributed by atoms with E-state index in [1.54, 1.807) is 0 Å². The highest BCUT2D eigenvalue weighted by Crippen LogP contribution is 2.38. The first kappa shape index (κ1) is 30.0. The van der Waals surface area contributed by atoms with Crippen LogP contribution in [0.25, 0.3) is 21.9 Å². The van der Waals surface area contributed by atoms with Gasteiger partial charge in [-0.2, -0.15) is 0 Å². The maximum absolute atomic E-state index is 14.5. The molecule has 1 aromatic heterocycles. The van der Waals surface area contributed by atoms with Crippen molar-refractivity contribution in [3.8, 4) is 11.1 Å². The number of rotatable bonds is 8. The Kier molecular flexibility index (Phi) is 7.88. The summed E-state index contributed by atoms with van der Waals surface area (Å²) in [5.74, 6) is 2.20. The second-order valence-electron chi connectivity index (χ2n) is 14.2. The molecule has 0 bridgehead atoms. The number of amidine groups is 1. The van der Waals surface area contributed by atoms with Crippen LogP contribution in [0.15, 0.2) is 96.2 Å². The lowest BCUT2D eigenvalue weighted by Gasteiger charge is -2.36. The number of likely N-dealkylation sites (tertiary alicyclic amines) is 2. The van der Waals surface area contributed by atoms with Crippen LogP contribution in [0.4, 0.5) is 0 Å². The van der Waals surface area contributed by atoms with Crippen molar-refractivity contribution in [2.45, 2.75) is 51.1 Å². The highest BCUT2D eigenvalue weighted by molar-refractivity contribution is 6.15. The van der Waals surface area contributed by atoms with E-state index in [4.69, 9.17) is 4.99 Å². The second-order valence-corrected chi connectivity index (χ2v) is 14.2. The molecule has 7 heteroatoms. The van der Waals surface area contributed by atoms with E-state index >= 15 is 0 Å². The van der Waals surface area contributed by atoms with Gasteiger partial charge in [-0.1, -0.05) is 73.7 Å². The van der Waals surface area contributed by atoms with Gasteiger partial charge in [0.15, 0.2) is 0 Å². The van der Waals surface area contributed by atoms with Gasteiger partial charge in [0.05, 0.1) is 0 Å². The number of benzene rings is 3. The molecule has 1 saturated carbocycles. The van der Waals surface area contributed by atoms with Crippen molar-refractivity contribution in [3.63, 3.8) is 0 Å². The Morgan fingerprint density at radius 2 is 1.62 bits per heavy atom. The monoisotopic (exact) mass is 625 g/mol. The van der Waals surface area contributed by atoms with Crippen LogP contribution in [-0.2, 0) is 16.1 Å². The fourth-order valence-corrected chi connectivity index (χ4v) is 7.85. The minimum Gasteiger partial charge on any atom is -0.342 e. The SMILES string of the molecule is CC(CN1C(=O)C2(CCN(Cc3ccccc3)CC2)N=C1c1ccc(-c2ccc3cnccc3c2)cc1)C1CCN(C(=O)C2CC2)C1.